The van der Waals surface area contributed by atoms with Crippen LogP contribution < -0.4 is 14.8 Å². The van der Waals surface area contributed by atoms with Crippen LogP contribution in [0.25, 0.3) is 0 Å². The lowest BCUT2D eigenvalue weighted by atomic mass is 10.1. The van der Waals surface area contributed by atoms with Gasteiger partial charge in [0.15, 0.2) is 0 Å². The third-order valence-corrected chi connectivity index (χ3v) is 4.21. The second-order valence-electron chi connectivity index (χ2n) is 5.31. The van der Waals surface area contributed by atoms with Crippen molar-refractivity contribution in [2.45, 2.75) is 19.4 Å². The highest BCUT2D eigenvalue weighted by molar-refractivity contribution is 6.35. The van der Waals surface area contributed by atoms with E-state index in [9.17, 15) is 4.79 Å². The summed E-state index contributed by atoms with van der Waals surface area (Å²) in [6, 6.07) is 10.3. The molecule has 0 aliphatic heterocycles. The Bertz CT molecular complexity index is 734. The Morgan fingerprint density at radius 1 is 1.12 bits per heavy atom. The van der Waals surface area contributed by atoms with Gasteiger partial charge < -0.3 is 14.8 Å². The summed E-state index contributed by atoms with van der Waals surface area (Å²) in [4.78, 5) is 12.4. The van der Waals surface area contributed by atoms with Crippen LogP contribution in [-0.4, -0.2) is 20.1 Å². The lowest BCUT2D eigenvalue weighted by molar-refractivity contribution is -0.121. The summed E-state index contributed by atoms with van der Waals surface area (Å²) in [5, 5.41) is 4.01. The van der Waals surface area contributed by atoms with Crippen LogP contribution in [-0.2, 0) is 11.2 Å². The van der Waals surface area contributed by atoms with Crippen LogP contribution in [0.5, 0.6) is 11.5 Å². The van der Waals surface area contributed by atoms with E-state index in [4.69, 9.17) is 32.7 Å². The van der Waals surface area contributed by atoms with Gasteiger partial charge >= 0.3 is 0 Å². The molecule has 128 valence electrons. The number of carbonyl (C=O) groups excluding carboxylic acids is 1. The average Bonchev–Trinajstić information content (AvgIpc) is 2.54. The Kier molecular flexibility index (Phi) is 6.35. The normalized spacial score (nSPS) is 11.7. The van der Waals surface area contributed by atoms with Gasteiger partial charge in [-0.1, -0.05) is 29.3 Å². The van der Waals surface area contributed by atoms with Crippen molar-refractivity contribution in [1.29, 1.82) is 0 Å². The molecule has 2 aromatic rings. The summed E-state index contributed by atoms with van der Waals surface area (Å²) in [5.41, 5.74) is 1.57. The topological polar surface area (TPSA) is 47.6 Å². The number of nitrogens with one attached hydrogen (secondary N) is 1. The van der Waals surface area contributed by atoms with Gasteiger partial charge in [0.05, 0.1) is 26.7 Å². The van der Waals surface area contributed by atoms with Crippen LogP contribution in [0.2, 0.25) is 10.0 Å². The van der Waals surface area contributed by atoms with Crippen molar-refractivity contribution >= 4 is 29.1 Å². The first-order valence-electron chi connectivity index (χ1n) is 7.39. The van der Waals surface area contributed by atoms with Gasteiger partial charge in [-0.3, -0.25) is 4.79 Å². The molecule has 0 heterocycles. The molecule has 2 aromatic carbocycles. The number of carbonyl (C=O) groups is 1. The number of amides is 1. The van der Waals surface area contributed by atoms with E-state index in [0.717, 1.165) is 11.1 Å². The van der Waals surface area contributed by atoms with Crippen LogP contribution in [0.4, 0.5) is 0 Å². The first-order chi connectivity index (χ1) is 11.4. The monoisotopic (exact) mass is 367 g/mol. The fourth-order valence-electron chi connectivity index (χ4n) is 2.42. The highest BCUT2D eigenvalue weighted by Gasteiger charge is 2.15. The summed E-state index contributed by atoms with van der Waals surface area (Å²) >= 11 is 12.1. The number of halogens is 2. The molecule has 0 fully saturated rings. The SMILES string of the molecule is COc1ccc(OC)c(CC(=O)NC(C)c2ccc(Cl)cc2Cl)c1. The van der Waals surface area contributed by atoms with Crippen molar-refractivity contribution in [3.63, 3.8) is 0 Å². The van der Waals surface area contributed by atoms with E-state index < -0.39 is 0 Å². The minimum Gasteiger partial charge on any atom is -0.497 e. The fraction of sp³-hybridized carbons (Fsp3) is 0.278. The Morgan fingerprint density at radius 2 is 1.88 bits per heavy atom. The molecule has 2 rings (SSSR count). The maximum Gasteiger partial charge on any atom is 0.225 e. The lowest BCUT2D eigenvalue weighted by Crippen LogP contribution is -2.28. The molecule has 0 aromatic heterocycles. The van der Waals surface area contributed by atoms with E-state index in [2.05, 4.69) is 5.32 Å². The Hall–Kier alpha value is -1.91. The molecule has 4 nitrogen and oxygen atoms in total. The minimum absolute atomic E-state index is 0.139. The summed E-state index contributed by atoms with van der Waals surface area (Å²) in [6.45, 7) is 1.87. The van der Waals surface area contributed by atoms with Crippen LogP contribution >= 0.6 is 23.2 Å². The molecule has 0 spiro atoms. The Morgan fingerprint density at radius 3 is 2.50 bits per heavy atom. The zero-order valence-corrected chi connectivity index (χ0v) is 15.2. The van der Waals surface area contributed by atoms with Crippen LogP contribution in [0.15, 0.2) is 36.4 Å². The van der Waals surface area contributed by atoms with E-state index in [1.807, 2.05) is 13.0 Å². The number of hydrogen-bond acceptors (Lipinski definition) is 3. The fourth-order valence-corrected chi connectivity index (χ4v) is 2.99. The molecular formula is C18H19Cl2NO3. The van der Waals surface area contributed by atoms with Crippen molar-refractivity contribution < 1.29 is 14.3 Å². The van der Waals surface area contributed by atoms with Gasteiger partial charge in [0.25, 0.3) is 0 Å². The first-order valence-corrected chi connectivity index (χ1v) is 8.15. The van der Waals surface area contributed by atoms with E-state index in [1.54, 1.807) is 44.6 Å². The van der Waals surface area contributed by atoms with Crippen LogP contribution in [0, 0.1) is 0 Å². The number of hydrogen-bond donors (Lipinski definition) is 1. The van der Waals surface area contributed by atoms with Gasteiger partial charge in [0.2, 0.25) is 5.91 Å². The number of ether oxygens (including phenoxy) is 2. The van der Waals surface area contributed by atoms with Gasteiger partial charge in [-0.2, -0.15) is 0 Å². The van der Waals surface area contributed by atoms with Crippen LogP contribution in [0.3, 0.4) is 0 Å². The number of benzene rings is 2. The average molecular weight is 368 g/mol. The maximum absolute atomic E-state index is 12.4. The quantitative estimate of drug-likeness (QED) is 0.821. The van der Waals surface area contributed by atoms with Crippen molar-refractivity contribution in [1.82, 2.24) is 5.32 Å². The van der Waals surface area contributed by atoms with E-state index >= 15 is 0 Å². The standard InChI is InChI=1S/C18H19Cl2NO3/c1-11(15-6-4-13(19)10-16(15)20)21-18(22)9-12-8-14(23-2)5-7-17(12)24-3/h4-8,10-11H,9H2,1-3H3,(H,21,22). The van der Waals surface area contributed by atoms with Gasteiger partial charge in [-0.15, -0.1) is 0 Å². The molecule has 1 N–H and O–H groups in total. The Labute approximate surface area is 151 Å². The van der Waals surface area contributed by atoms with Gasteiger partial charge in [0.1, 0.15) is 11.5 Å². The molecule has 0 saturated carbocycles. The zero-order chi connectivity index (χ0) is 17.7. The highest BCUT2D eigenvalue weighted by Crippen LogP contribution is 2.27. The summed E-state index contributed by atoms with van der Waals surface area (Å²) in [7, 11) is 3.15. The molecule has 1 unspecified atom stereocenters. The molecule has 0 saturated heterocycles. The molecule has 6 heteroatoms. The van der Waals surface area contributed by atoms with Gasteiger partial charge in [-0.25, -0.2) is 0 Å². The molecule has 24 heavy (non-hydrogen) atoms. The predicted molar refractivity (Wildman–Crippen MR) is 96.3 cm³/mol. The third-order valence-electron chi connectivity index (χ3n) is 3.65. The molecule has 1 amide bonds. The summed E-state index contributed by atoms with van der Waals surface area (Å²) < 4.78 is 10.5. The first kappa shape index (κ1) is 18.4. The van der Waals surface area contributed by atoms with Crippen molar-refractivity contribution in [2.75, 3.05) is 14.2 Å². The molecule has 0 radical (unpaired) electrons. The maximum atomic E-state index is 12.4. The predicted octanol–water partition coefficient (Wildman–Crippen LogP) is 4.43. The van der Waals surface area contributed by atoms with Gasteiger partial charge in [-0.05, 0) is 42.8 Å². The van der Waals surface area contributed by atoms with E-state index in [-0.39, 0.29) is 18.4 Å². The molecular weight excluding hydrogens is 349 g/mol. The highest BCUT2D eigenvalue weighted by atomic mass is 35.5. The summed E-state index contributed by atoms with van der Waals surface area (Å²) in [6.07, 6.45) is 0.177. The largest absolute Gasteiger partial charge is 0.497 e. The van der Waals surface area contributed by atoms with E-state index in [0.29, 0.717) is 21.5 Å². The van der Waals surface area contributed by atoms with Gasteiger partial charge in [0, 0.05) is 15.6 Å². The molecule has 0 aliphatic rings. The Balaban J connectivity index is 2.10. The summed E-state index contributed by atoms with van der Waals surface area (Å²) in [5.74, 6) is 1.18. The third kappa shape index (κ3) is 4.56. The minimum atomic E-state index is -0.237. The number of rotatable bonds is 6. The smallest absolute Gasteiger partial charge is 0.225 e. The zero-order valence-electron chi connectivity index (χ0n) is 13.7. The molecule has 0 aliphatic carbocycles. The lowest BCUT2D eigenvalue weighted by Gasteiger charge is -2.17. The second-order valence-corrected chi connectivity index (χ2v) is 6.15. The molecule has 0 bridgehead atoms. The second kappa shape index (κ2) is 8.27. The van der Waals surface area contributed by atoms with E-state index in [1.165, 1.54) is 0 Å². The van der Waals surface area contributed by atoms with Crippen molar-refractivity contribution in [2.24, 2.45) is 0 Å². The number of methoxy groups -OCH3 is 2. The molecule has 1 atom stereocenters. The van der Waals surface area contributed by atoms with Crippen LogP contribution in [0.1, 0.15) is 24.1 Å². The van der Waals surface area contributed by atoms with Crippen molar-refractivity contribution in [3.8, 4) is 11.5 Å². The van der Waals surface area contributed by atoms with Crippen molar-refractivity contribution in [3.05, 3.63) is 57.6 Å².